The third-order valence-corrected chi connectivity index (χ3v) is 7.33. The largest absolute Gasteiger partial charge is 0.453 e. The molecule has 0 aliphatic carbocycles. The van der Waals surface area contributed by atoms with Crippen LogP contribution in [-0.4, -0.2) is 20.4 Å². The highest BCUT2D eigenvalue weighted by atomic mass is 79.9. The van der Waals surface area contributed by atoms with Gasteiger partial charge in [-0.25, -0.2) is 4.98 Å². The van der Waals surface area contributed by atoms with Gasteiger partial charge in [-0.15, -0.1) is 0 Å². The maximum Gasteiger partial charge on any atom is 0.282 e. The number of nitrogens with zero attached hydrogens (tertiary/aromatic N) is 4. The molecule has 0 saturated heterocycles. The van der Waals surface area contributed by atoms with Crippen molar-refractivity contribution >= 4 is 44.0 Å². The van der Waals surface area contributed by atoms with Gasteiger partial charge in [0.2, 0.25) is 5.82 Å². The van der Waals surface area contributed by atoms with Gasteiger partial charge in [-0.3, -0.25) is 4.79 Å². The van der Waals surface area contributed by atoms with E-state index in [0.29, 0.717) is 28.1 Å². The van der Waals surface area contributed by atoms with Crippen molar-refractivity contribution in [2.24, 2.45) is 5.10 Å². The average molecular weight is 565 g/mol. The minimum atomic E-state index is -0.258. The standard InChI is InChI=1S/C31H25BrN4O2/c1-18-9-10-19(2)27(13-18)35-20(3)14-23(21(35)4)17-33-36-30(34-26-8-6-5-7-25(26)31(36)37)29-16-22-15-24(32)11-12-28(22)38-29/h5-17H,1-4H3. The Balaban J connectivity index is 1.52. The lowest BCUT2D eigenvalue weighted by atomic mass is 10.1. The minimum absolute atomic E-state index is 0.258. The SMILES string of the molecule is Cc1ccc(C)c(-n2c(C)cc(C=Nn3c(-c4cc5cc(Br)ccc5o4)nc4ccccc4c3=O)c2C)c1. The number of fused-ring (bicyclic) bond motifs is 2. The van der Waals surface area contributed by atoms with E-state index in [1.165, 1.54) is 15.8 Å². The second-order valence-corrected chi connectivity index (χ2v) is 10.5. The summed E-state index contributed by atoms with van der Waals surface area (Å²) in [7, 11) is 0. The molecule has 0 atom stereocenters. The van der Waals surface area contributed by atoms with Gasteiger partial charge in [0.1, 0.15) is 5.58 Å². The van der Waals surface area contributed by atoms with Crippen LogP contribution in [0, 0.1) is 27.7 Å². The maximum atomic E-state index is 13.6. The fraction of sp³-hybridized carbons (Fsp3) is 0.129. The van der Waals surface area contributed by atoms with Gasteiger partial charge in [0.05, 0.1) is 17.1 Å². The van der Waals surface area contributed by atoms with Crippen LogP contribution >= 0.6 is 15.9 Å². The first kappa shape index (κ1) is 24.1. The summed E-state index contributed by atoms with van der Waals surface area (Å²) in [5.74, 6) is 0.819. The Hall–Kier alpha value is -4.23. The van der Waals surface area contributed by atoms with Crippen molar-refractivity contribution in [1.82, 2.24) is 14.2 Å². The summed E-state index contributed by atoms with van der Waals surface area (Å²) in [6.45, 7) is 8.35. The van der Waals surface area contributed by atoms with Crippen molar-refractivity contribution in [3.63, 3.8) is 0 Å². The third kappa shape index (κ3) is 4.09. The lowest BCUT2D eigenvalue weighted by Crippen LogP contribution is -2.20. The van der Waals surface area contributed by atoms with Gasteiger partial charge in [-0.1, -0.05) is 40.2 Å². The average Bonchev–Trinajstić information content (AvgIpc) is 3.44. The molecule has 0 saturated carbocycles. The number of para-hydroxylation sites is 1. The molecule has 7 heteroatoms. The maximum absolute atomic E-state index is 13.6. The Bertz CT molecular complexity index is 1960. The Labute approximate surface area is 228 Å². The Kier molecular flexibility index (Phi) is 5.88. The van der Waals surface area contributed by atoms with Crippen molar-refractivity contribution in [2.45, 2.75) is 27.7 Å². The smallest absolute Gasteiger partial charge is 0.282 e. The van der Waals surface area contributed by atoms with E-state index in [1.807, 2.05) is 42.5 Å². The zero-order valence-corrected chi connectivity index (χ0v) is 23.1. The molecule has 38 heavy (non-hydrogen) atoms. The molecule has 0 radical (unpaired) electrons. The quantitative estimate of drug-likeness (QED) is 0.208. The van der Waals surface area contributed by atoms with Crippen LogP contribution in [0.1, 0.15) is 28.1 Å². The molecule has 6 aromatic rings. The molecule has 3 heterocycles. The number of halogens is 1. The van der Waals surface area contributed by atoms with E-state index in [-0.39, 0.29) is 5.56 Å². The number of rotatable bonds is 4. The van der Waals surface area contributed by atoms with Gasteiger partial charge < -0.3 is 8.98 Å². The van der Waals surface area contributed by atoms with Crippen molar-refractivity contribution in [1.29, 1.82) is 0 Å². The first-order valence-electron chi connectivity index (χ1n) is 12.3. The van der Waals surface area contributed by atoms with Crippen LogP contribution in [0.25, 0.3) is 39.1 Å². The molecule has 6 nitrogen and oxygen atoms in total. The molecule has 0 aliphatic heterocycles. The Morgan fingerprint density at radius 1 is 0.947 bits per heavy atom. The van der Waals surface area contributed by atoms with Crippen LogP contribution in [0.3, 0.4) is 0 Å². The number of benzene rings is 3. The lowest BCUT2D eigenvalue weighted by molar-refractivity contribution is 0.616. The number of aryl methyl sites for hydroxylation is 3. The molecule has 6 rings (SSSR count). The number of hydrogen-bond donors (Lipinski definition) is 0. The van der Waals surface area contributed by atoms with Gasteiger partial charge in [0, 0.05) is 32.5 Å². The number of aromatic nitrogens is 3. The summed E-state index contributed by atoms with van der Waals surface area (Å²) < 4.78 is 10.6. The molecular formula is C31H25BrN4O2. The summed E-state index contributed by atoms with van der Waals surface area (Å²) in [5, 5.41) is 6.07. The molecule has 0 amide bonds. The van der Waals surface area contributed by atoms with E-state index in [9.17, 15) is 4.79 Å². The van der Waals surface area contributed by atoms with Gasteiger partial charge in [-0.05, 0) is 87.4 Å². The van der Waals surface area contributed by atoms with E-state index < -0.39 is 0 Å². The van der Waals surface area contributed by atoms with Gasteiger partial charge >= 0.3 is 0 Å². The fourth-order valence-corrected chi connectivity index (χ4v) is 5.26. The van der Waals surface area contributed by atoms with Crippen LogP contribution in [0.15, 0.2) is 91.6 Å². The molecule has 0 aliphatic rings. The molecule has 3 aromatic carbocycles. The first-order chi connectivity index (χ1) is 18.3. The van der Waals surface area contributed by atoms with Crippen LogP contribution < -0.4 is 5.56 Å². The van der Waals surface area contributed by atoms with Crippen LogP contribution in [0.2, 0.25) is 0 Å². The van der Waals surface area contributed by atoms with E-state index in [2.05, 4.69) is 77.6 Å². The second kappa shape index (κ2) is 9.26. The molecule has 0 spiro atoms. The van der Waals surface area contributed by atoms with Crippen LogP contribution in [0.5, 0.6) is 0 Å². The number of hydrogen-bond acceptors (Lipinski definition) is 4. The van der Waals surface area contributed by atoms with Crippen molar-refractivity contribution in [3.8, 4) is 17.3 Å². The third-order valence-electron chi connectivity index (χ3n) is 6.84. The highest BCUT2D eigenvalue weighted by molar-refractivity contribution is 9.10. The highest BCUT2D eigenvalue weighted by Crippen LogP contribution is 2.29. The fourth-order valence-electron chi connectivity index (χ4n) is 4.88. The van der Waals surface area contributed by atoms with E-state index in [4.69, 9.17) is 9.40 Å². The van der Waals surface area contributed by atoms with Crippen molar-refractivity contribution in [2.75, 3.05) is 0 Å². The van der Waals surface area contributed by atoms with Gasteiger partial charge in [0.25, 0.3) is 5.56 Å². The summed E-state index contributed by atoms with van der Waals surface area (Å²) in [6, 6.07) is 23.5. The van der Waals surface area contributed by atoms with E-state index >= 15 is 0 Å². The Morgan fingerprint density at radius 2 is 1.76 bits per heavy atom. The van der Waals surface area contributed by atoms with Crippen LogP contribution in [0.4, 0.5) is 0 Å². The second-order valence-electron chi connectivity index (χ2n) is 9.56. The van der Waals surface area contributed by atoms with E-state index in [0.717, 1.165) is 32.5 Å². The molecule has 0 unspecified atom stereocenters. The zero-order valence-electron chi connectivity index (χ0n) is 21.5. The number of furan rings is 1. The lowest BCUT2D eigenvalue weighted by Gasteiger charge is -2.13. The zero-order chi connectivity index (χ0) is 26.6. The normalized spacial score (nSPS) is 11.8. The van der Waals surface area contributed by atoms with Crippen molar-refractivity contribution in [3.05, 3.63) is 116 Å². The highest BCUT2D eigenvalue weighted by Gasteiger charge is 2.17. The topological polar surface area (TPSA) is 65.3 Å². The molecular weight excluding hydrogens is 540 g/mol. The molecule has 0 bridgehead atoms. The minimum Gasteiger partial charge on any atom is -0.453 e. The van der Waals surface area contributed by atoms with Crippen molar-refractivity contribution < 1.29 is 4.42 Å². The summed E-state index contributed by atoms with van der Waals surface area (Å²) in [5.41, 5.74) is 7.61. The van der Waals surface area contributed by atoms with Crippen LogP contribution in [-0.2, 0) is 0 Å². The first-order valence-corrected chi connectivity index (χ1v) is 13.1. The van der Waals surface area contributed by atoms with Gasteiger partial charge in [-0.2, -0.15) is 9.78 Å². The van der Waals surface area contributed by atoms with E-state index in [1.54, 1.807) is 12.3 Å². The molecule has 0 fully saturated rings. The monoisotopic (exact) mass is 564 g/mol. The summed E-state index contributed by atoms with van der Waals surface area (Å²) in [6.07, 6.45) is 1.73. The van der Waals surface area contributed by atoms with Gasteiger partial charge in [0.15, 0.2) is 5.76 Å². The predicted octanol–water partition coefficient (Wildman–Crippen LogP) is 7.48. The molecule has 188 valence electrons. The molecule has 0 N–H and O–H groups in total. The Morgan fingerprint density at radius 3 is 2.61 bits per heavy atom. The summed E-state index contributed by atoms with van der Waals surface area (Å²) in [4.78, 5) is 18.4. The predicted molar refractivity (Wildman–Crippen MR) is 157 cm³/mol. The summed E-state index contributed by atoms with van der Waals surface area (Å²) >= 11 is 3.51. The molecule has 3 aromatic heterocycles.